The molecule has 11 heavy (non-hydrogen) atoms. The summed E-state index contributed by atoms with van der Waals surface area (Å²) in [6.45, 7) is 0. The second-order valence-electron chi connectivity index (χ2n) is 1.94. The molecular formula is C5H8BrN5. The third-order valence-electron chi connectivity index (χ3n) is 1.16. The molecule has 0 bridgehead atoms. The van der Waals surface area contributed by atoms with Gasteiger partial charge in [0.05, 0.1) is 5.69 Å². The molecule has 0 aliphatic carbocycles. The van der Waals surface area contributed by atoms with Gasteiger partial charge in [-0.2, -0.15) is 0 Å². The monoisotopic (exact) mass is 217 g/mol. The molecule has 7 N–H and O–H groups in total. The zero-order valence-electron chi connectivity index (χ0n) is 5.63. The molecule has 0 amide bonds. The van der Waals surface area contributed by atoms with Crippen LogP contribution in [0.2, 0.25) is 0 Å². The Labute approximate surface area is 72.1 Å². The van der Waals surface area contributed by atoms with Crippen LogP contribution in [0, 0.1) is 0 Å². The van der Waals surface area contributed by atoms with Crippen molar-refractivity contribution in [3.8, 4) is 0 Å². The summed E-state index contributed by atoms with van der Waals surface area (Å²) in [6, 6.07) is 1.61. The molecule has 1 aromatic rings. The fourth-order valence-corrected chi connectivity index (χ4v) is 1.07. The molecule has 0 unspecified atom stereocenters. The van der Waals surface area contributed by atoms with Crippen LogP contribution in [0.25, 0.3) is 0 Å². The standard InChI is InChI=1S/C5H8BrN5/c6-2-1-3(7)10-5(11-9)4(2)8/h1H,8-9H2,(H3,7,10,11). The SMILES string of the molecule is NNc1nc(N)cc(Br)c1N. The highest BCUT2D eigenvalue weighted by atomic mass is 79.9. The van der Waals surface area contributed by atoms with Gasteiger partial charge in [-0.05, 0) is 22.0 Å². The number of hydrogen-bond acceptors (Lipinski definition) is 5. The highest BCUT2D eigenvalue weighted by Crippen LogP contribution is 2.26. The van der Waals surface area contributed by atoms with Crippen LogP contribution in [0.3, 0.4) is 0 Å². The van der Waals surface area contributed by atoms with Gasteiger partial charge in [0, 0.05) is 4.47 Å². The number of aromatic nitrogens is 1. The van der Waals surface area contributed by atoms with E-state index in [1.54, 1.807) is 6.07 Å². The predicted octanol–water partition coefficient (Wildman–Crippen LogP) is 0.294. The molecule has 1 aromatic heterocycles. The molecule has 0 aromatic carbocycles. The fourth-order valence-electron chi connectivity index (χ4n) is 0.652. The Morgan fingerprint density at radius 1 is 1.45 bits per heavy atom. The number of rotatable bonds is 1. The highest BCUT2D eigenvalue weighted by Gasteiger charge is 2.03. The van der Waals surface area contributed by atoms with Gasteiger partial charge in [0.2, 0.25) is 0 Å². The van der Waals surface area contributed by atoms with Crippen LogP contribution in [0.5, 0.6) is 0 Å². The van der Waals surface area contributed by atoms with Crippen LogP contribution < -0.4 is 22.7 Å². The molecule has 0 atom stereocenters. The van der Waals surface area contributed by atoms with E-state index in [-0.39, 0.29) is 0 Å². The van der Waals surface area contributed by atoms with Crippen molar-refractivity contribution in [3.05, 3.63) is 10.5 Å². The van der Waals surface area contributed by atoms with Crippen molar-refractivity contribution in [2.24, 2.45) is 5.84 Å². The van der Waals surface area contributed by atoms with Crippen LogP contribution in [0.15, 0.2) is 10.5 Å². The molecule has 6 heteroatoms. The number of hydrazine groups is 1. The zero-order valence-corrected chi connectivity index (χ0v) is 7.22. The molecule has 1 rings (SSSR count). The number of hydrogen-bond donors (Lipinski definition) is 4. The normalized spacial score (nSPS) is 9.64. The minimum Gasteiger partial charge on any atom is -0.395 e. The molecule has 0 aliphatic rings. The first-order valence-electron chi connectivity index (χ1n) is 2.83. The fraction of sp³-hybridized carbons (Fsp3) is 0. The summed E-state index contributed by atoms with van der Waals surface area (Å²) in [5, 5.41) is 0. The van der Waals surface area contributed by atoms with E-state index >= 15 is 0 Å². The Morgan fingerprint density at radius 3 is 2.64 bits per heavy atom. The van der Waals surface area contributed by atoms with Gasteiger partial charge in [-0.3, -0.25) is 0 Å². The van der Waals surface area contributed by atoms with Crippen molar-refractivity contribution >= 4 is 33.3 Å². The lowest BCUT2D eigenvalue weighted by atomic mass is 10.4. The maximum atomic E-state index is 5.55. The van der Waals surface area contributed by atoms with Crippen LogP contribution in [-0.4, -0.2) is 4.98 Å². The topological polar surface area (TPSA) is 103 Å². The maximum Gasteiger partial charge on any atom is 0.166 e. The third-order valence-corrected chi connectivity index (χ3v) is 1.82. The Bertz CT molecular complexity index is 274. The van der Waals surface area contributed by atoms with E-state index in [1.807, 2.05) is 0 Å². The minimum atomic E-state index is 0.360. The number of halogens is 1. The van der Waals surface area contributed by atoms with Crippen molar-refractivity contribution in [2.45, 2.75) is 0 Å². The number of nitrogens with zero attached hydrogens (tertiary/aromatic N) is 1. The summed E-state index contributed by atoms with van der Waals surface area (Å²) in [7, 11) is 0. The van der Waals surface area contributed by atoms with Gasteiger partial charge in [0.1, 0.15) is 5.82 Å². The van der Waals surface area contributed by atoms with E-state index in [9.17, 15) is 0 Å². The van der Waals surface area contributed by atoms with Gasteiger partial charge in [-0.25, -0.2) is 10.8 Å². The van der Waals surface area contributed by atoms with Gasteiger partial charge in [0.25, 0.3) is 0 Å². The van der Waals surface area contributed by atoms with Crippen LogP contribution in [0.4, 0.5) is 17.3 Å². The van der Waals surface area contributed by atoms with Crippen molar-refractivity contribution in [1.82, 2.24) is 4.98 Å². The second kappa shape index (κ2) is 2.93. The molecule has 0 fully saturated rings. The minimum absolute atomic E-state index is 0.360. The molecule has 1 heterocycles. The van der Waals surface area contributed by atoms with Crippen LogP contribution in [-0.2, 0) is 0 Å². The first kappa shape index (κ1) is 8.09. The van der Waals surface area contributed by atoms with E-state index in [0.717, 1.165) is 0 Å². The molecule has 0 aliphatic heterocycles. The van der Waals surface area contributed by atoms with Crippen LogP contribution >= 0.6 is 15.9 Å². The molecular weight excluding hydrogens is 210 g/mol. The number of pyridine rings is 1. The van der Waals surface area contributed by atoms with Crippen molar-refractivity contribution < 1.29 is 0 Å². The van der Waals surface area contributed by atoms with Gasteiger partial charge < -0.3 is 16.9 Å². The molecule has 0 saturated carbocycles. The van der Waals surface area contributed by atoms with E-state index < -0.39 is 0 Å². The Kier molecular flexibility index (Phi) is 2.16. The van der Waals surface area contributed by atoms with Gasteiger partial charge in [0.15, 0.2) is 5.82 Å². The lowest BCUT2D eigenvalue weighted by Crippen LogP contribution is -2.12. The number of nitrogen functional groups attached to an aromatic ring is 3. The first-order chi connectivity index (χ1) is 5.15. The molecule has 60 valence electrons. The van der Waals surface area contributed by atoms with E-state index in [2.05, 4.69) is 26.3 Å². The zero-order chi connectivity index (χ0) is 8.43. The summed E-state index contributed by atoms with van der Waals surface area (Å²) in [4.78, 5) is 3.84. The molecule has 5 nitrogen and oxygen atoms in total. The molecule has 0 saturated heterocycles. The van der Waals surface area contributed by atoms with Gasteiger partial charge >= 0.3 is 0 Å². The largest absolute Gasteiger partial charge is 0.395 e. The van der Waals surface area contributed by atoms with Crippen LogP contribution in [0.1, 0.15) is 0 Å². The van der Waals surface area contributed by atoms with Crippen molar-refractivity contribution in [1.29, 1.82) is 0 Å². The third kappa shape index (κ3) is 1.52. The number of nitrogens with one attached hydrogen (secondary N) is 1. The van der Waals surface area contributed by atoms with Crippen molar-refractivity contribution in [2.75, 3.05) is 16.9 Å². The van der Waals surface area contributed by atoms with Crippen molar-refractivity contribution in [3.63, 3.8) is 0 Å². The highest BCUT2D eigenvalue weighted by molar-refractivity contribution is 9.10. The molecule has 0 radical (unpaired) electrons. The lowest BCUT2D eigenvalue weighted by molar-refractivity contribution is 1.23. The smallest absolute Gasteiger partial charge is 0.166 e. The second-order valence-corrected chi connectivity index (χ2v) is 2.79. The average Bonchev–Trinajstić information content (AvgIpc) is 1.96. The maximum absolute atomic E-state index is 5.55. The predicted molar refractivity (Wildman–Crippen MR) is 48.6 cm³/mol. The van der Waals surface area contributed by atoms with E-state index in [4.69, 9.17) is 17.3 Å². The van der Waals surface area contributed by atoms with E-state index in [0.29, 0.717) is 21.8 Å². The average molecular weight is 218 g/mol. The van der Waals surface area contributed by atoms with Gasteiger partial charge in [-0.15, -0.1) is 0 Å². The summed E-state index contributed by atoms with van der Waals surface area (Å²) in [5.41, 5.74) is 13.7. The lowest BCUT2D eigenvalue weighted by Gasteiger charge is -2.05. The number of nitrogens with two attached hydrogens (primary N) is 3. The Hall–Kier alpha value is -1.01. The molecule has 0 spiro atoms. The quantitative estimate of drug-likeness (QED) is 0.400. The Balaban J connectivity index is 3.24. The summed E-state index contributed by atoms with van der Waals surface area (Å²) in [5.74, 6) is 5.85. The summed E-state index contributed by atoms with van der Waals surface area (Å²) >= 11 is 3.20. The summed E-state index contributed by atoms with van der Waals surface area (Å²) < 4.78 is 0.679. The van der Waals surface area contributed by atoms with E-state index in [1.165, 1.54) is 0 Å². The Morgan fingerprint density at radius 2 is 2.09 bits per heavy atom. The van der Waals surface area contributed by atoms with Gasteiger partial charge in [-0.1, -0.05) is 0 Å². The summed E-state index contributed by atoms with van der Waals surface area (Å²) in [6.07, 6.45) is 0. The first-order valence-corrected chi connectivity index (χ1v) is 3.62. The number of anilines is 3.